The first-order valence-electron chi connectivity index (χ1n) is 7.86. The highest BCUT2D eigenvalue weighted by Gasteiger charge is 2.24. The molecule has 1 unspecified atom stereocenters. The summed E-state index contributed by atoms with van der Waals surface area (Å²) in [6.07, 6.45) is 0. The van der Waals surface area contributed by atoms with Gasteiger partial charge < -0.3 is 20.1 Å². The number of benzene rings is 1. The summed E-state index contributed by atoms with van der Waals surface area (Å²) in [5, 5.41) is 6.81. The van der Waals surface area contributed by atoms with Crippen LogP contribution in [-0.2, 0) is 4.74 Å². The molecule has 1 fully saturated rings. The molecule has 1 aromatic carbocycles. The van der Waals surface area contributed by atoms with Crippen LogP contribution in [0.15, 0.2) is 29.3 Å². The average molecular weight is 304 g/mol. The first-order valence-corrected chi connectivity index (χ1v) is 7.86. The molecular formula is C16H24N4O2. The van der Waals surface area contributed by atoms with Gasteiger partial charge in [-0.25, -0.2) is 0 Å². The second-order valence-electron chi connectivity index (χ2n) is 5.50. The number of nitrogens with one attached hydrogen (secondary N) is 2. The fraction of sp³-hybridized carbons (Fsp3) is 0.562. The number of aliphatic imine (C=N–C) groups is 1. The first kappa shape index (κ1) is 15.1. The number of morpholine rings is 1. The monoisotopic (exact) mass is 304 g/mol. The van der Waals surface area contributed by atoms with E-state index in [4.69, 9.17) is 9.47 Å². The quantitative estimate of drug-likeness (QED) is 0.631. The second-order valence-corrected chi connectivity index (χ2v) is 5.50. The van der Waals surface area contributed by atoms with Crippen LogP contribution in [0.3, 0.4) is 0 Å². The van der Waals surface area contributed by atoms with Crippen LogP contribution in [0.1, 0.15) is 11.6 Å². The molecule has 0 saturated carbocycles. The molecule has 0 amide bonds. The summed E-state index contributed by atoms with van der Waals surface area (Å²) in [6.45, 7) is 6.21. The van der Waals surface area contributed by atoms with Crippen LogP contribution in [0.5, 0.6) is 5.75 Å². The van der Waals surface area contributed by atoms with Crippen molar-refractivity contribution < 1.29 is 9.47 Å². The van der Waals surface area contributed by atoms with Crippen molar-refractivity contribution in [3.63, 3.8) is 0 Å². The van der Waals surface area contributed by atoms with Crippen molar-refractivity contribution in [2.24, 2.45) is 4.99 Å². The lowest BCUT2D eigenvalue weighted by molar-refractivity contribution is 0.0389. The Morgan fingerprint density at radius 3 is 2.95 bits per heavy atom. The molecule has 2 aliphatic rings. The fourth-order valence-electron chi connectivity index (χ4n) is 2.80. The molecule has 6 nitrogen and oxygen atoms in total. The van der Waals surface area contributed by atoms with Crippen LogP contribution in [0.25, 0.3) is 0 Å². The molecule has 1 saturated heterocycles. The van der Waals surface area contributed by atoms with Crippen LogP contribution in [0.2, 0.25) is 0 Å². The molecule has 0 aromatic heterocycles. The molecule has 3 rings (SSSR count). The van der Waals surface area contributed by atoms with Gasteiger partial charge in [-0.1, -0.05) is 18.2 Å². The van der Waals surface area contributed by atoms with Gasteiger partial charge >= 0.3 is 0 Å². The molecule has 2 heterocycles. The molecular weight excluding hydrogens is 280 g/mol. The van der Waals surface area contributed by atoms with Crippen LogP contribution >= 0.6 is 0 Å². The molecule has 1 atom stereocenters. The average Bonchev–Trinajstić information content (AvgIpc) is 2.98. The lowest BCUT2D eigenvalue weighted by atomic mass is 10.1. The van der Waals surface area contributed by atoms with Crippen LogP contribution in [0, 0.1) is 0 Å². The van der Waals surface area contributed by atoms with Gasteiger partial charge in [-0.3, -0.25) is 9.89 Å². The summed E-state index contributed by atoms with van der Waals surface area (Å²) in [5.74, 6) is 1.78. The zero-order chi connectivity index (χ0) is 15.2. The Bertz CT molecular complexity index is 515. The van der Waals surface area contributed by atoms with Crippen LogP contribution < -0.4 is 15.4 Å². The Hall–Kier alpha value is -1.79. The van der Waals surface area contributed by atoms with E-state index in [1.807, 2.05) is 18.2 Å². The van der Waals surface area contributed by atoms with Gasteiger partial charge in [0, 0.05) is 38.8 Å². The van der Waals surface area contributed by atoms with E-state index in [2.05, 4.69) is 26.6 Å². The third kappa shape index (κ3) is 3.69. The number of nitrogens with zero attached hydrogens (tertiary/aromatic N) is 2. The summed E-state index contributed by atoms with van der Waals surface area (Å²) >= 11 is 0. The number of para-hydroxylation sites is 1. The minimum Gasteiger partial charge on any atom is -0.491 e. The van der Waals surface area contributed by atoms with E-state index in [1.54, 1.807) is 7.05 Å². The standard InChI is InChI=1S/C16H24N4O2/c1-17-16(18-6-7-20-8-10-21-11-9-20)19-14-12-22-15-5-3-2-4-13(14)15/h2-5,14H,6-12H2,1H3,(H2,17,18,19). The number of guanidine groups is 1. The predicted molar refractivity (Wildman–Crippen MR) is 86.4 cm³/mol. The molecule has 120 valence electrons. The van der Waals surface area contributed by atoms with E-state index in [-0.39, 0.29) is 6.04 Å². The third-order valence-corrected chi connectivity index (χ3v) is 4.06. The summed E-state index contributed by atoms with van der Waals surface area (Å²) in [4.78, 5) is 6.70. The van der Waals surface area contributed by atoms with Gasteiger partial charge in [0.1, 0.15) is 12.4 Å². The molecule has 0 bridgehead atoms. The first-order chi connectivity index (χ1) is 10.9. The van der Waals surface area contributed by atoms with Gasteiger partial charge in [-0.2, -0.15) is 0 Å². The van der Waals surface area contributed by atoms with E-state index >= 15 is 0 Å². The van der Waals surface area contributed by atoms with Crippen molar-refractivity contribution in [3.05, 3.63) is 29.8 Å². The summed E-state index contributed by atoms with van der Waals surface area (Å²) in [7, 11) is 1.80. The molecule has 1 aromatic rings. The van der Waals surface area contributed by atoms with Crippen molar-refractivity contribution in [1.82, 2.24) is 15.5 Å². The molecule has 0 aliphatic carbocycles. The largest absolute Gasteiger partial charge is 0.491 e. The van der Waals surface area contributed by atoms with E-state index < -0.39 is 0 Å². The van der Waals surface area contributed by atoms with Crippen LogP contribution in [0.4, 0.5) is 0 Å². The summed E-state index contributed by atoms with van der Waals surface area (Å²) in [5.41, 5.74) is 1.19. The Morgan fingerprint density at radius 2 is 2.14 bits per heavy atom. The molecule has 22 heavy (non-hydrogen) atoms. The van der Waals surface area contributed by atoms with Gasteiger partial charge in [0.25, 0.3) is 0 Å². The van der Waals surface area contributed by atoms with Crippen molar-refractivity contribution in [2.45, 2.75) is 6.04 Å². The highest BCUT2D eigenvalue weighted by Crippen LogP contribution is 2.31. The SMILES string of the molecule is CN=C(NCCN1CCOCC1)NC1COc2ccccc21. The lowest BCUT2D eigenvalue weighted by Gasteiger charge is -2.27. The smallest absolute Gasteiger partial charge is 0.191 e. The van der Waals surface area contributed by atoms with Gasteiger partial charge in [-0.05, 0) is 6.07 Å². The lowest BCUT2D eigenvalue weighted by Crippen LogP contribution is -2.45. The molecule has 2 aliphatic heterocycles. The highest BCUT2D eigenvalue weighted by molar-refractivity contribution is 5.80. The molecule has 0 spiro atoms. The number of hydrogen-bond acceptors (Lipinski definition) is 4. The maximum atomic E-state index is 5.69. The Balaban J connectivity index is 1.46. The second kappa shape index (κ2) is 7.47. The van der Waals surface area contributed by atoms with E-state index in [9.17, 15) is 0 Å². The van der Waals surface area contributed by atoms with Gasteiger partial charge in [-0.15, -0.1) is 0 Å². The predicted octanol–water partition coefficient (Wildman–Crippen LogP) is 0.617. The zero-order valence-corrected chi connectivity index (χ0v) is 13.0. The maximum Gasteiger partial charge on any atom is 0.191 e. The maximum absolute atomic E-state index is 5.69. The van der Waals surface area contributed by atoms with E-state index in [0.29, 0.717) is 6.61 Å². The molecule has 2 N–H and O–H groups in total. The Labute approximate surface area is 131 Å². The van der Waals surface area contributed by atoms with Crippen molar-refractivity contribution >= 4 is 5.96 Å². The minimum absolute atomic E-state index is 0.158. The van der Waals surface area contributed by atoms with Gasteiger partial charge in [0.2, 0.25) is 0 Å². The summed E-state index contributed by atoms with van der Waals surface area (Å²) < 4.78 is 11.0. The Morgan fingerprint density at radius 1 is 1.32 bits per heavy atom. The van der Waals surface area contributed by atoms with E-state index in [1.165, 1.54) is 5.56 Å². The normalized spacial score (nSPS) is 22.0. The van der Waals surface area contributed by atoms with Crippen LogP contribution in [-0.4, -0.2) is 63.9 Å². The van der Waals surface area contributed by atoms with E-state index in [0.717, 1.165) is 51.1 Å². The third-order valence-electron chi connectivity index (χ3n) is 4.06. The van der Waals surface area contributed by atoms with Gasteiger partial charge in [0.15, 0.2) is 5.96 Å². The van der Waals surface area contributed by atoms with Gasteiger partial charge in [0.05, 0.1) is 19.3 Å². The summed E-state index contributed by atoms with van der Waals surface area (Å²) in [6, 6.07) is 8.30. The van der Waals surface area contributed by atoms with Crippen molar-refractivity contribution in [3.8, 4) is 5.75 Å². The highest BCUT2D eigenvalue weighted by atomic mass is 16.5. The number of ether oxygens (including phenoxy) is 2. The molecule has 6 heteroatoms. The topological polar surface area (TPSA) is 58.1 Å². The minimum atomic E-state index is 0.158. The van der Waals surface area contributed by atoms with Crippen molar-refractivity contribution in [2.75, 3.05) is 53.0 Å². The zero-order valence-electron chi connectivity index (χ0n) is 13.0. The number of rotatable bonds is 4. The fourth-order valence-corrected chi connectivity index (χ4v) is 2.80. The van der Waals surface area contributed by atoms with Crippen molar-refractivity contribution in [1.29, 1.82) is 0 Å². The Kier molecular flexibility index (Phi) is 5.13. The molecule has 0 radical (unpaired) electrons. The number of hydrogen-bond donors (Lipinski definition) is 2. The number of fused-ring (bicyclic) bond motifs is 1.